The molecule has 3 heteroatoms. The molecule has 1 aliphatic carbocycles. The summed E-state index contributed by atoms with van der Waals surface area (Å²) in [6.07, 6.45) is 7.23. The fourth-order valence-electron chi connectivity index (χ4n) is 2.49. The van der Waals surface area contributed by atoms with E-state index in [2.05, 4.69) is 10.3 Å². The predicted molar refractivity (Wildman–Crippen MR) is 57.5 cm³/mol. The summed E-state index contributed by atoms with van der Waals surface area (Å²) in [7, 11) is 0. The lowest BCUT2D eigenvalue weighted by Gasteiger charge is -2.31. The van der Waals surface area contributed by atoms with Crippen molar-refractivity contribution >= 4 is 5.84 Å². The van der Waals surface area contributed by atoms with Gasteiger partial charge < -0.3 is 10.4 Å². The molecule has 0 amide bonds. The van der Waals surface area contributed by atoms with Gasteiger partial charge in [-0.1, -0.05) is 12.8 Å². The Morgan fingerprint density at radius 1 is 1.29 bits per heavy atom. The average molecular weight is 196 g/mol. The minimum Gasteiger partial charge on any atom is -0.396 e. The standard InChI is InChI=1S/C11H20N2O/c14-8-9-4-1-2-5-10(9)13-11-6-3-7-12-11/h9-10,14H,1-8H2,(H,12,13). The van der Waals surface area contributed by atoms with Crippen molar-refractivity contribution < 1.29 is 5.11 Å². The lowest BCUT2D eigenvalue weighted by molar-refractivity contribution is 0.162. The molecule has 3 nitrogen and oxygen atoms in total. The van der Waals surface area contributed by atoms with Gasteiger partial charge in [-0.05, 0) is 19.3 Å². The average Bonchev–Trinajstić information content (AvgIpc) is 2.71. The topological polar surface area (TPSA) is 44.6 Å². The van der Waals surface area contributed by atoms with E-state index in [9.17, 15) is 5.11 Å². The molecule has 2 aliphatic rings. The van der Waals surface area contributed by atoms with Gasteiger partial charge >= 0.3 is 0 Å². The highest BCUT2D eigenvalue weighted by atomic mass is 16.3. The molecule has 1 fully saturated rings. The van der Waals surface area contributed by atoms with E-state index in [4.69, 9.17) is 0 Å². The van der Waals surface area contributed by atoms with Crippen LogP contribution in [-0.2, 0) is 0 Å². The van der Waals surface area contributed by atoms with Gasteiger partial charge in [0.15, 0.2) is 0 Å². The summed E-state index contributed by atoms with van der Waals surface area (Å²) in [6, 6.07) is 0.477. The van der Waals surface area contributed by atoms with Crippen molar-refractivity contribution in [2.24, 2.45) is 10.9 Å². The second-order valence-electron chi connectivity index (χ2n) is 4.41. The van der Waals surface area contributed by atoms with Crippen molar-refractivity contribution in [3.8, 4) is 0 Å². The number of hydrogen-bond acceptors (Lipinski definition) is 3. The zero-order valence-corrected chi connectivity index (χ0v) is 8.71. The van der Waals surface area contributed by atoms with Gasteiger partial charge in [0, 0.05) is 31.5 Å². The minimum atomic E-state index is 0.324. The second kappa shape index (κ2) is 4.78. The summed E-state index contributed by atoms with van der Waals surface area (Å²) >= 11 is 0. The molecular formula is C11H20N2O. The fraction of sp³-hybridized carbons (Fsp3) is 0.909. The maximum Gasteiger partial charge on any atom is 0.0965 e. The van der Waals surface area contributed by atoms with Crippen molar-refractivity contribution in [3.63, 3.8) is 0 Å². The van der Waals surface area contributed by atoms with Crippen LogP contribution in [0, 0.1) is 5.92 Å². The zero-order valence-electron chi connectivity index (χ0n) is 8.71. The van der Waals surface area contributed by atoms with Crippen molar-refractivity contribution in [3.05, 3.63) is 0 Å². The predicted octanol–water partition coefficient (Wildman–Crippen LogP) is 1.32. The molecule has 1 aliphatic heterocycles. The van der Waals surface area contributed by atoms with E-state index in [0.29, 0.717) is 18.6 Å². The van der Waals surface area contributed by atoms with Crippen molar-refractivity contribution in [1.29, 1.82) is 0 Å². The smallest absolute Gasteiger partial charge is 0.0965 e. The van der Waals surface area contributed by atoms with E-state index < -0.39 is 0 Å². The van der Waals surface area contributed by atoms with Crippen LogP contribution in [-0.4, -0.2) is 30.1 Å². The van der Waals surface area contributed by atoms with Gasteiger partial charge in [0.2, 0.25) is 0 Å². The minimum absolute atomic E-state index is 0.324. The Kier molecular flexibility index (Phi) is 3.40. The fourth-order valence-corrected chi connectivity index (χ4v) is 2.49. The highest BCUT2D eigenvalue weighted by Crippen LogP contribution is 2.24. The van der Waals surface area contributed by atoms with Gasteiger partial charge in [-0.25, -0.2) is 0 Å². The Morgan fingerprint density at radius 2 is 2.14 bits per heavy atom. The van der Waals surface area contributed by atoms with Crippen LogP contribution in [0.1, 0.15) is 38.5 Å². The summed E-state index contributed by atoms with van der Waals surface area (Å²) in [5, 5.41) is 12.8. The first kappa shape index (κ1) is 9.97. The van der Waals surface area contributed by atoms with Crippen LogP contribution in [0.2, 0.25) is 0 Å². The van der Waals surface area contributed by atoms with Gasteiger partial charge in [0.25, 0.3) is 0 Å². The van der Waals surface area contributed by atoms with Crippen LogP contribution < -0.4 is 5.32 Å². The molecular weight excluding hydrogens is 176 g/mol. The zero-order chi connectivity index (χ0) is 9.80. The maximum atomic E-state index is 9.26. The number of nitrogens with one attached hydrogen (secondary N) is 1. The Balaban J connectivity index is 1.87. The molecule has 0 radical (unpaired) electrons. The monoisotopic (exact) mass is 196 g/mol. The van der Waals surface area contributed by atoms with Crippen LogP contribution in [0.4, 0.5) is 0 Å². The van der Waals surface area contributed by atoms with E-state index >= 15 is 0 Å². The quantitative estimate of drug-likeness (QED) is 0.699. The van der Waals surface area contributed by atoms with Crippen molar-refractivity contribution in [2.75, 3.05) is 13.2 Å². The number of rotatable bonds is 2. The van der Waals surface area contributed by atoms with Crippen LogP contribution in [0.15, 0.2) is 4.99 Å². The number of amidine groups is 1. The SMILES string of the molecule is OCC1CCCCC1NC1=NCCC1. The first-order valence-corrected chi connectivity index (χ1v) is 5.81. The van der Waals surface area contributed by atoms with Gasteiger partial charge in [-0.15, -0.1) is 0 Å². The van der Waals surface area contributed by atoms with E-state index in [1.807, 2.05) is 0 Å². The molecule has 2 N–H and O–H groups in total. The van der Waals surface area contributed by atoms with Crippen LogP contribution >= 0.6 is 0 Å². The molecule has 0 aromatic rings. The Morgan fingerprint density at radius 3 is 2.86 bits per heavy atom. The first-order valence-electron chi connectivity index (χ1n) is 5.81. The molecule has 0 spiro atoms. The van der Waals surface area contributed by atoms with Gasteiger partial charge in [-0.3, -0.25) is 4.99 Å². The van der Waals surface area contributed by atoms with E-state index in [0.717, 1.165) is 13.0 Å². The third-order valence-corrected chi connectivity index (χ3v) is 3.37. The van der Waals surface area contributed by atoms with Crippen LogP contribution in [0.5, 0.6) is 0 Å². The summed E-state index contributed by atoms with van der Waals surface area (Å²) in [6.45, 7) is 1.31. The summed E-state index contributed by atoms with van der Waals surface area (Å²) in [5.74, 6) is 1.63. The number of nitrogens with zero attached hydrogens (tertiary/aromatic N) is 1. The molecule has 0 aromatic carbocycles. The maximum absolute atomic E-state index is 9.26. The lowest BCUT2D eigenvalue weighted by Crippen LogP contribution is -2.42. The van der Waals surface area contributed by atoms with Gasteiger partial charge in [-0.2, -0.15) is 0 Å². The Labute approximate surface area is 85.6 Å². The largest absolute Gasteiger partial charge is 0.396 e. The van der Waals surface area contributed by atoms with E-state index in [1.165, 1.54) is 37.9 Å². The van der Waals surface area contributed by atoms with Crippen LogP contribution in [0.25, 0.3) is 0 Å². The third kappa shape index (κ3) is 2.27. The number of aliphatic hydroxyl groups is 1. The molecule has 1 saturated carbocycles. The molecule has 2 rings (SSSR count). The van der Waals surface area contributed by atoms with E-state index in [-0.39, 0.29) is 0 Å². The molecule has 2 unspecified atom stereocenters. The molecule has 14 heavy (non-hydrogen) atoms. The molecule has 80 valence electrons. The van der Waals surface area contributed by atoms with Gasteiger partial charge in [0.1, 0.15) is 0 Å². The molecule has 0 saturated heterocycles. The third-order valence-electron chi connectivity index (χ3n) is 3.37. The highest BCUT2D eigenvalue weighted by Gasteiger charge is 2.25. The highest BCUT2D eigenvalue weighted by molar-refractivity contribution is 5.83. The lowest BCUT2D eigenvalue weighted by atomic mass is 9.85. The van der Waals surface area contributed by atoms with Crippen molar-refractivity contribution in [2.45, 2.75) is 44.6 Å². The molecule has 1 heterocycles. The number of aliphatic hydroxyl groups excluding tert-OH is 1. The molecule has 0 bridgehead atoms. The Hall–Kier alpha value is -0.570. The van der Waals surface area contributed by atoms with Crippen LogP contribution in [0.3, 0.4) is 0 Å². The summed E-state index contributed by atoms with van der Waals surface area (Å²) in [5.41, 5.74) is 0. The molecule has 0 aromatic heterocycles. The van der Waals surface area contributed by atoms with Gasteiger partial charge in [0.05, 0.1) is 5.84 Å². The molecule has 2 atom stereocenters. The van der Waals surface area contributed by atoms with Crippen molar-refractivity contribution in [1.82, 2.24) is 5.32 Å². The Bertz CT molecular complexity index is 215. The number of hydrogen-bond donors (Lipinski definition) is 2. The van der Waals surface area contributed by atoms with E-state index in [1.54, 1.807) is 0 Å². The number of aliphatic imine (C=N–C) groups is 1. The second-order valence-corrected chi connectivity index (χ2v) is 4.41. The summed E-state index contributed by atoms with van der Waals surface area (Å²) < 4.78 is 0. The normalized spacial score (nSPS) is 32.8. The first-order chi connectivity index (χ1) is 6.90. The summed E-state index contributed by atoms with van der Waals surface area (Å²) in [4.78, 5) is 4.42.